The summed E-state index contributed by atoms with van der Waals surface area (Å²) in [7, 11) is -2.43. The molecule has 1 aromatic carbocycles. The number of aromatic nitrogens is 1. The molecule has 1 saturated heterocycles. The number of thiophene rings is 1. The Labute approximate surface area is 193 Å². The topological polar surface area (TPSA) is 98.0 Å². The molecule has 0 aliphatic carbocycles. The number of methoxy groups -OCH3 is 1. The van der Waals surface area contributed by atoms with E-state index in [1.807, 2.05) is 4.57 Å². The number of carbonyl (C=O) groups is 2. The van der Waals surface area contributed by atoms with Crippen LogP contribution in [0.1, 0.15) is 23.2 Å². The second-order valence-corrected chi connectivity index (χ2v) is 11.2. The molecule has 0 radical (unpaired) electrons. The molecule has 1 fully saturated rings. The summed E-state index contributed by atoms with van der Waals surface area (Å²) in [5.41, 5.74) is 1.19. The maximum absolute atomic E-state index is 13.1. The van der Waals surface area contributed by atoms with Crippen molar-refractivity contribution in [2.45, 2.75) is 29.6 Å². The zero-order valence-corrected chi connectivity index (χ0v) is 19.7. The minimum absolute atomic E-state index is 0.219. The van der Waals surface area contributed by atoms with Crippen LogP contribution in [-0.2, 0) is 26.1 Å². The molecular weight excluding hydrogens is 470 g/mol. The van der Waals surface area contributed by atoms with E-state index in [9.17, 15) is 18.0 Å². The van der Waals surface area contributed by atoms with Gasteiger partial charge in [-0.3, -0.25) is 4.79 Å². The van der Waals surface area contributed by atoms with Gasteiger partial charge in [0.05, 0.1) is 22.9 Å². The van der Waals surface area contributed by atoms with Crippen molar-refractivity contribution in [3.63, 3.8) is 0 Å². The zero-order chi connectivity index (χ0) is 22.9. The fourth-order valence-corrected chi connectivity index (χ4v) is 7.53. The van der Waals surface area contributed by atoms with Crippen LogP contribution in [0.15, 0.2) is 57.6 Å². The summed E-state index contributed by atoms with van der Waals surface area (Å²) < 4.78 is 34.8. The Bertz CT molecular complexity index is 1350. The molecule has 1 aliphatic heterocycles. The van der Waals surface area contributed by atoms with E-state index in [0.29, 0.717) is 29.8 Å². The lowest BCUT2D eigenvalue weighted by Gasteiger charge is -2.20. The first-order valence-corrected chi connectivity index (χ1v) is 13.0. The number of rotatable bonds is 6. The molecule has 3 aromatic rings. The van der Waals surface area contributed by atoms with Crippen LogP contribution in [0.5, 0.6) is 0 Å². The monoisotopic (exact) mass is 491 g/mol. The minimum atomic E-state index is -3.74. The third kappa shape index (κ3) is 4.08. The van der Waals surface area contributed by atoms with Gasteiger partial charge in [0.15, 0.2) is 4.80 Å². The molecule has 0 bridgehead atoms. The smallest absolute Gasteiger partial charge is 0.337 e. The van der Waals surface area contributed by atoms with Gasteiger partial charge in [0.2, 0.25) is 0 Å². The second-order valence-electron chi connectivity index (χ2n) is 7.11. The Kier molecular flexibility index (Phi) is 6.42. The van der Waals surface area contributed by atoms with Gasteiger partial charge in [0.25, 0.3) is 15.9 Å². The molecule has 2 aromatic heterocycles. The molecular formula is C21H21N3O5S3. The summed E-state index contributed by atoms with van der Waals surface area (Å²) >= 11 is 2.38. The number of amides is 1. The van der Waals surface area contributed by atoms with Crippen molar-refractivity contribution in [3.8, 4) is 0 Å². The van der Waals surface area contributed by atoms with Gasteiger partial charge in [-0.2, -0.15) is 9.30 Å². The van der Waals surface area contributed by atoms with Crippen LogP contribution >= 0.6 is 22.7 Å². The Morgan fingerprint density at radius 1 is 1.34 bits per heavy atom. The molecule has 168 valence electrons. The highest BCUT2D eigenvalue weighted by Crippen LogP contribution is 2.29. The van der Waals surface area contributed by atoms with E-state index in [1.54, 1.807) is 41.8 Å². The summed E-state index contributed by atoms with van der Waals surface area (Å²) in [5, 5.41) is 1.70. The van der Waals surface area contributed by atoms with Crippen molar-refractivity contribution in [1.82, 2.24) is 8.87 Å². The van der Waals surface area contributed by atoms with Gasteiger partial charge in [-0.25, -0.2) is 13.2 Å². The Balaban J connectivity index is 1.74. The van der Waals surface area contributed by atoms with Crippen LogP contribution in [0.2, 0.25) is 0 Å². The van der Waals surface area contributed by atoms with Crippen LogP contribution in [0, 0.1) is 0 Å². The number of thiazole rings is 1. The van der Waals surface area contributed by atoms with Crippen molar-refractivity contribution in [1.29, 1.82) is 0 Å². The highest BCUT2D eigenvalue weighted by molar-refractivity contribution is 7.91. The predicted octanol–water partition coefficient (Wildman–Crippen LogP) is 3.02. The number of allylic oxidation sites excluding steroid dienone is 1. The summed E-state index contributed by atoms with van der Waals surface area (Å²) in [6, 6.07) is 7.49. The van der Waals surface area contributed by atoms with Crippen LogP contribution in [0.3, 0.4) is 0 Å². The summed E-state index contributed by atoms with van der Waals surface area (Å²) in [5.74, 6) is -0.953. The number of sulfonamides is 1. The van der Waals surface area contributed by atoms with Crippen molar-refractivity contribution in [3.05, 3.63) is 58.7 Å². The van der Waals surface area contributed by atoms with Crippen molar-refractivity contribution in [2.75, 3.05) is 13.7 Å². The minimum Gasteiger partial charge on any atom is -0.465 e. The van der Waals surface area contributed by atoms with Gasteiger partial charge in [0, 0.05) is 13.1 Å². The average Bonchev–Trinajstić information content (AvgIpc) is 3.53. The second kappa shape index (κ2) is 9.10. The molecule has 32 heavy (non-hydrogen) atoms. The van der Waals surface area contributed by atoms with Crippen molar-refractivity contribution < 1.29 is 22.7 Å². The summed E-state index contributed by atoms with van der Waals surface area (Å²) in [6.07, 6.45) is 2.71. The Hall–Kier alpha value is -2.60. The van der Waals surface area contributed by atoms with E-state index in [-0.39, 0.29) is 10.8 Å². The van der Waals surface area contributed by atoms with E-state index in [1.165, 1.54) is 22.8 Å². The summed E-state index contributed by atoms with van der Waals surface area (Å²) in [4.78, 5) is 29.7. The van der Waals surface area contributed by atoms with E-state index in [0.717, 1.165) is 21.6 Å². The quantitative estimate of drug-likeness (QED) is 0.390. The number of ether oxygens (including phenoxy) is 1. The van der Waals surface area contributed by atoms with E-state index in [2.05, 4.69) is 11.6 Å². The first-order chi connectivity index (χ1) is 15.4. The number of carbonyl (C=O) groups excluding carboxylic acids is 2. The lowest BCUT2D eigenvalue weighted by molar-refractivity contribution is -0.121. The number of nitrogens with zero attached hydrogens (tertiary/aromatic N) is 3. The Morgan fingerprint density at radius 3 is 2.84 bits per heavy atom. The molecule has 1 unspecified atom stereocenters. The third-order valence-electron chi connectivity index (χ3n) is 5.17. The van der Waals surface area contributed by atoms with Gasteiger partial charge in [-0.05, 0) is 42.5 Å². The highest BCUT2D eigenvalue weighted by Gasteiger charge is 2.39. The normalized spacial score (nSPS) is 17.7. The molecule has 1 aliphatic rings. The van der Waals surface area contributed by atoms with Gasteiger partial charge < -0.3 is 9.30 Å². The maximum atomic E-state index is 13.1. The van der Waals surface area contributed by atoms with Gasteiger partial charge in [0.1, 0.15) is 10.3 Å². The number of hydrogen-bond acceptors (Lipinski definition) is 7. The maximum Gasteiger partial charge on any atom is 0.337 e. The number of esters is 1. The number of benzene rings is 1. The molecule has 1 amide bonds. The molecule has 4 rings (SSSR count). The largest absolute Gasteiger partial charge is 0.465 e. The van der Waals surface area contributed by atoms with Gasteiger partial charge in [-0.1, -0.05) is 23.5 Å². The molecule has 3 heterocycles. The molecule has 8 nitrogen and oxygen atoms in total. The highest BCUT2D eigenvalue weighted by atomic mass is 32.2. The zero-order valence-electron chi connectivity index (χ0n) is 17.3. The van der Waals surface area contributed by atoms with Gasteiger partial charge >= 0.3 is 5.97 Å². The molecule has 11 heteroatoms. The van der Waals surface area contributed by atoms with Crippen LogP contribution in [-0.4, -0.2) is 48.9 Å². The lowest BCUT2D eigenvalue weighted by Crippen LogP contribution is -2.40. The molecule has 0 N–H and O–H groups in total. The van der Waals surface area contributed by atoms with Crippen LogP contribution < -0.4 is 4.80 Å². The average molecular weight is 492 g/mol. The standard InChI is InChI=1S/C21H21N3O5S3/c1-3-10-23-15-9-8-14(20(26)29-2)13-17(15)31-21(23)22-19(25)16-6-4-11-24(16)32(27,28)18-7-5-12-30-18/h3,5,7-9,12-13,16H,1,4,6,10-11H2,2H3. The first-order valence-electron chi connectivity index (χ1n) is 9.83. The lowest BCUT2D eigenvalue weighted by atomic mass is 10.2. The first kappa shape index (κ1) is 22.6. The van der Waals surface area contributed by atoms with Crippen LogP contribution in [0.25, 0.3) is 10.2 Å². The number of hydrogen-bond donors (Lipinski definition) is 0. The predicted molar refractivity (Wildman–Crippen MR) is 123 cm³/mol. The summed E-state index contributed by atoms with van der Waals surface area (Å²) in [6.45, 7) is 4.46. The fourth-order valence-electron chi connectivity index (χ4n) is 3.68. The Morgan fingerprint density at radius 2 is 2.16 bits per heavy atom. The molecule has 1 atom stereocenters. The van der Waals surface area contributed by atoms with Gasteiger partial charge in [-0.15, -0.1) is 17.9 Å². The van der Waals surface area contributed by atoms with Crippen LogP contribution in [0.4, 0.5) is 0 Å². The SMILES string of the molecule is C=CCn1c(=NC(=O)C2CCCN2S(=O)(=O)c2cccs2)sc2cc(C(=O)OC)ccc21. The number of fused-ring (bicyclic) bond motifs is 1. The van der Waals surface area contributed by atoms with E-state index >= 15 is 0 Å². The van der Waals surface area contributed by atoms with Crippen molar-refractivity contribution >= 4 is 54.8 Å². The van der Waals surface area contributed by atoms with E-state index in [4.69, 9.17) is 4.74 Å². The van der Waals surface area contributed by atoms with Crippen molar-refractivity contribution in [2.24, 2.45) is 4.99 Å². The molecule has 0 spiro atoms. The third-order valence-corrected chi connectivity index (χ3v) is 9.49. The van der Waals surface area contributed by atoms with E-state index < -0.39 is 27.9 Å². The molecule has 0 saturated carbocycles. The fraction of sp³-hybridized carbons (Fsp3) is 0.286.